The van der Waals surface area contributed by atoms with Crippen molar-refractivity contribution >= 4 is 0 Å². The van der Waals surface area contributed by atoms with Crippen molar-refractivity contribution < 1.29 is 45.2 Å². The summed E-state index contributed by atoms with van der Waals surface area (Å²) in [5, 5.41) is 71.5. The Morgan fingerprint density at radius 1 is 1.03 bits per heavy atom. The van der Waals surface area contributed by atoms with Gasteiger partial charge in [-0.25, -0.2) is 0 Å². The smallest absolute Gasteiger partial charge is 0.186 e. The molecule has 1 saturated heterocycles. The van der Waals surface area contributed by atoms with Gasteiger partial charge in [-0.2, -0.15) is 0 Å². The van der Waals surface area contributed by atoms with E-state index in [2.05, 4.69) is 13.0 Å². The zero-order chi connectivity index (χ0) is 25.8. The first-order valence-electron chi connectivity index (χ1n) is 13.0. The van der Waals surface area contributed by atoms with Crippen LogP contribution < -0.4 is 0 Å². The highest BCUT2D eigenvalue weighted by Gasteiger charge is 2.59. The Kier molecular flexibility index (Phi) is 7.77. The van der Waals surface area contributed by atoms with Crippen molar-refractivity contribution in [2.45, 2.75) is 102 Å². The molecule has 0 aromatic carbocycles. The number of allylic oxidation sites excluding steroid dienone is 2. The third kappa shape index (κ3) is 4.51. The average Bonchev–Trinajstić information content (AvgIpc) is 2.84. The van der Waals surface area contributed by atoms with Gasteiger partial charge >= 0.3 is 0 Å². The van der Waals surface area contributed by atoms with Crippen molar-refractivity contribution in [3.8, 4) is 0 Å². The maximum atomic E-state index is 11.1. The molecule has 1 heterocycles. The lowest BCUT2D eigenvalue weighted by Crippen LogP contribution is -2.59. The Bertz CT molecular complexity index is 789. The fraction of sp³-hybridized carbons (Fsp3) is 0.923. The SMILES string of the molecule is C[C@]1([C@H](O)CO[C@@H]2O[C@H](CO)[C@@H](O)[C@H](O)[C@H]2O)CC[C@@H]2C(=CC[C@H]3[C@@]2(C)CC[C@H](O)[C@]3(C)CO)C1. The van der Waals surface area contributed by atoms with E-state index >= 15 is 0 Å². The Hall–Kier alpha value is -0.620. The summed E-state index contributed by atoms with van der Waals surface area (Å²) in [5.41, 5.74) is 0.337. The Balaban J connectivity index is 1.43. The zero-order valence-corrected chi connectivity index (χ0v) is 21.1. The molecule has 35 heavy (non-hydrogen) atoms. The lowest BCUT2D eigenvalue weighted by atomic mass is 9.45. The summed E-state index contributed by atoms with van der Waals surface area (Å²) in [7, 11) is 0. The summed E-state index contributed by atoms with van der Waals surface area (Å²) in [6, 6.07) is 0. The number of hydrogen-bond donors (Lipinski definition) is 7. The molecule has 12 atom stereocenters. The van der Waals surface area contributed by atoms with Gasteiger partial charge in [0.05, 0.1) is 32.0 Å². The molecule has 9 heteroatoms. The van der Waals surface area contributed by atoms with Crippen LogP contribution in [-0.2, 0) is 9.47 Å². The molecule has 0 aromatic heterocycles. The number of hydrogen-bond acceptors (Lipinski definition) is 9. The monoisotopic (exact) mass is 500 g/mol. The van der Waals surface area contributed by atoms with E-state index in [1.807, 2.05) is 13.8 Å². The predicted molar refractivity (Wildman–Crippen MR) is 126 cm³/mol. The van der Waals surface area contributed by atoms with E-state index in [0.29, 0.717) is 18.8 Å². The van der Waals surface area contributed by atoms with Crippen molar-refractivity contribution in [1.29, 1.82) is 0 Å². The van der Waals surface area contributed by atoms with Crippen LogP contribution in [0, 0.1) is 28.1 Å². The van der Waals surface area contributed by atoms with Crippen LogP contribution in [0.1, 0.15) is 59.3 Å². The van der Waals surface area contributed by atoms with E-state index in [9.17, 15) is 35.7 Å². The van der Waals surface area contributed by atoms with Crippen molar-refractivity contribution in [3.63, 3.8) is 0 Å². The third-order valence-electron chi connectivity index (χ3n) is 10.2. The van der Waals surface area contributed by atoms with Gasteiger partial charge in [0.1, 0.15) is 24.4 Å². The zero-order valence-electron chi connectivity index (χ0n) is 21.1. The summed E-state index contributed by atoms with van der Waals surface area (Å²) in [5.74, 6) is 0.535. The summed E-state index contributed by atoms with van der Waals surface area (Å²) in [6.45, 7) is 5.65. The van der Waals surface area contributed by atoms with Crippen molar-refractivity contribution in [2.24, 2.45) is 28.1 Å². The molecular formula is C26H44O9. The molecule has 0 spiro atoms. The molecule has 0 bridgehead atoms. The topological polar surface area (TPSA) is 160 Å². The van der Waals surface area contributed by atoms with Crippen LogP contribution in [0.3, 0.4) is 0 Å². The van der Waals surface area contributed by atoms with Gasteiger partial charge in [-0.3, -0.25) is 0 Å². The minimum Gasteiger partial charge on any atom is -0.396 e. The Labute approximate surface area is 207 Å². The van der Waals surface area contributed by atoms with E-state index in [4.69, 9.17) is 9.47 Å². The molecule has 2 saturated carbocycles. The molecule has 3 fully saturated rings. The molecule has 0 aromatic rings. The Morgan fingerprint density at radius 3 is 2.40 bits per heavy atom. The molecular weight excluding hydrogens is 456 g/mol. The first-order chi connectivity index (χ1) is 16.4. The second-order valence-corrected chi connectivity index (χ2v) is 12.3. The molecule has 0 radical (unpaired) electrons. The molecule has 4 aliphatic rings. The second kappa shape index (κ2) is 9.93. The van der Waals surface area contributed by atoms with Gasteiger partial charge < -0.3 is 45.2 Å². The highest BCUT2D eigenvalue weighted by atomic mass is 16.7. The minimum absolute atomic E-state index is 0.0140. The summed E-state index contributed by atoms with van der Waals surface area (Å²) >= 11 is 0. The molecule has 0 unspecified atom stereocenters. The van der Waals surface area contributed by atoms with Crippen LogP contribution >= 0.6 is 0 Å². The molecule has 4 rings (SSSR count). The van der Waals surface area contributed by atoms with Crippen LogP contribution in [-0.4, -0.2) is 98.5 Å². The molecule has 202 valence electrons. The highest BCUT2D eigenvalue weighted by molar-refractivity contribution is 5.25. The van der Waals surface area contributed by atoms with Crippen LogP contribution in [0.25, 0.3) is 0 Å². The van der Waals surface area contributed by atoms with E-state index < -0.39 is 60.4 Å². The van der Waals surface area contributed by atoms with Crippen molar-refractivity contribution in [3.05, 3.63) is 11.6 Å². The normalized spacial score (nSPS) is 51.2. The molecule has 7 N–H and O–H groups in total. The fourth-order valence-electron chi connectivity index (χ4n) is 7.56. The van der Waals surface area contributed by atoms with Crippen molar-refractivity contribution in [1.82, 2.24) is 0 Å². The summed E-state index contributed by atoms with van der Waals surface area (Å²) < 4.78 is 11.0. The average molecular weight is 501 g/mol. The number of fused-ring (bicyclic) bond motifs is 3. The van der Waals surface area contributed by atoms with E-state index in [-0.39, 0.29) is 24.5 Å². The van der Waals surface area contributed by atoms with E-state index in [1.54, 1.807) is 0 Å². The van der Waals surface area contributed by atoms with Gasteiger partial charge in [0.2, 0.25) is 0 Å². The fourth-order valence-corrected chi connectivity index (χ4v) is 7.56. The standard InChI is InChI=1S/C26H44O9/c1-24(19(30)12-34-23-22(33)21(32)20(31)16(11-27)35-23)8-6-15-14(10-24)4-5-17-25(15,2)9-7-18(29)26(17,3)13-28/h4,15-23,27-33H,5-13H2,1-3H3/t15-,16-,17+,18+,19-,20-,21+,22-,23-,24+,25+,26-/m1/s1. The van der Waals surface area contributed by atoms with Crippen LogP contribution in [0.15, 0.2) is 11.6 Å². The quantitative estimate of drug-likeness (QED) is 0.251. The summed E-state index contributed by atoms with van der Waals surface area (Å²) in [4.78, 5) is 0. The van der Waals surface area contributed by atoms with Gasteiger partial charge in [0, 0.05) is 5.41 Å². The van der Waals surface area contributed by atoms with E-state index in [0.717, 1.165) is 25.7 Å². The largest absolute Gasteiger partial charge is 0.396 e. The lowest BCUT2D eigenvalue weighted by Gasteiger charge is -2.61. The minimum atomic E-state index is -1.52. The van der Waals surface area contributed by atoms with Gasteiger partial charge in [-0.1, -0.05) is 32.4 Å². The first-order valence-corrected chi connectivity index (χ1v) is 13.0. The molecule has 9 nitrogen and oxygen atoms in total. The van der Waals surface area contributed by atoms with Crippen LogP contribution in [0.5, 0.6) is 0 Å². The highest BCUT2D eigenvalue weighted by Crippen LogP contribution is 2.63. The van der Waals surface area contributed by atoms with Gasteiger partial charge in [0.25, 0.3) is 0 Å². The number of aliphatic hydroxyl groups excluding tert-OH is 7. The predicted octanol–water partition coefficient (Wildman–Crippen LogP) is 0.0761. The van der Waals surface area contributed by atoms with Crippen molar-refractivity contribution in [2.75, 3.05) is 19.8 Å². The first kappa shape index (κ1) is 27.4. The maximum absolute atomic E-state index is 11.1. The third-order valence-corrected chi connectivity index (χ3v) is 10.2. The maximum Gasteiger partial charge on any atom is 0.186 e. The number of aliphatic hydroxyl groups is 7. The second-order valence-electron chi connectivity index (χ2n) is 12.3. The molecule has 0 amide bonds. The van der Waals surface area contributed by atoms with Crippen LogP contribution in [0.2, 0.25) is 0 Å². The summed E-state index contributed by atoms with van der Waals surface area (Å²) in [6.07, 6.45) is -1.13. The Morgan fingerprint density at radius 2 is 1.74 bits per heavy atom. The number of rotatable bonds is 6. The molecule has 3 aliphatic carbocycles. The van der Waals surface area contributed by atoms with Gasteiger partial charge in [-0.15, -0.1) is 0 Å². The van der Waals surface area contributed by atoms with Crippen LogP contribution in [0.4, 0.5) is 0 Å². The number of ether oxygens (including phenoxy) is 2. The van der Waals surface area contributed by atoms with Gasteiger partial charge in [-0.05, 0) is 61.2 Å². The lowest BCUT2D eigenvalue weighted by molar-refractivity contribution is -0.306. The molecule has 1 aliphatic heterocycles. The van der Waals surface area contributed by atoms with E-state index in [1.165, 1.54) is 5.57 Å². The van der Waals surface area contributed by atoms with Gasteiger partial charge in [0.15, 0.2) is 6.29 Å².